The van der Waals surface area contributed by atoms with Crippen LogP contribution in [-0.2, 0) is 9.59 Å². The Morgan fingerprint density at radius 1 is 1.06 bits per heavy atom. The van der Waals surface area contributed by atoms with Crippen LogP contribution in [0, 0.1) is 6.92 Å². The molecular formula is C24H19Cl2N3O2. The predicted molar refractivity (Wildman–Crippen MR) is 126 cm³/mol. The normalized spacial score (nSPS) is 13.3. The van der Waals surface area contributed by atoms with Gasteiger partial charge in [-0.3, -0.25) is 14.6 Å². The van der Waals surface area contributed by atoms with E-state index >= 15 is 0 Å². The van der Waals surface area contributed by atoms with Crippen LogP contribution in [0.5, 0.6) is 0 Å². The van der Waals surface area contributed by atoms with Crippen molar-refractivity contribution in [1.29, 1.82) is 0 Å². The molecule has 0 unspecified atom stereocenters. The van der Waals surface area contributed by atoms with Gasteiger partial charge >= 0.3 is 0 Å². The molecule has 0 radical (unpaired) electrons. The molecule has 0 aromatic heterocycles. The van der Waals surface area contributed by atoms with Crippen molar-refractivity contribution in [2.75, 3.05) is 23.3 Å². The molecule has 0 fully saturated rings. The molecule has 5 nitrogen and oxygen atoms in total. The molecule has 31 heavy (non-hydrogen) atoms. The van der Waals surface area contributed by atoms with Gasteiger partial charge in [0.15, 0.2) is 0 Å². The Morgan fingerprint density at radius 3 is 2.61 bits per heavy atom. The minimum absolute atomic E-state index is 0.0694. The lowest BCUT2D eigenvalue weighted by Gasteiger charge is -2.23. The van der Waals surface area contributed by atoms with Gasteiger partial charge in [0.25, 0.3) is 0 Å². The number of carbonyl (C=O) groups is 2. The smallest absolute Gasteiger partial charge is 0.249 e. The van der Waals surface area contributed by atoms with Crippen LogP contribution in [0.3, 0.4) is 0 Å². The van der Waals surface area contributed by atoms with Crippen molar-refractivity contribution in [1.82, 2.24) is 0 Å². The molecule has 0 atom stereocenters. The van der Waals surface area contributed by atoms with Gasteiger partial charge in [-0.15, -0.1) is 0 Å². The van der Waals surface area contributed by atoms with Crippen molar-refractivity contribution in [2.24, 2.45) is 4.99 Å². The average molecular weight is 452 g/mol. The Morgan fingerprint density at radius 2 is 1.84 bits per heavy atom. The zero-order valence-electron chi connectivity index (χ0n) is 16.7. The highest BCUT2D eigenvalue weighted by atomic mass is 35.5. The van der Waals surface area contributed by atoms with Crippen LogP contribution in [0.4, 0.5) is 11.4 Å². The maximum atomic E-state index is 12.9. The van der Waals surface area contributed by atoms with Gasteiger partial charge < -0.3 is 10.2 Å². The first-order chi connectivity index (χ1) is 14.9. The number of benzene rings is 3. The molecular weight excluding hydrogens is 433 g/mol. The van der Waals surface area contributed by atoms with E-state index in [9.17, 15) is 9.59 Å². The molecule has 0 bridgehead atoms. The summed E-state index contributed by atoms with van der Waals surface area (Å²) in [5.41, 5.74) is 4.21. The highest BCUT2D eigenvalue weighted by molar-refractivity contribution is 6.32. The van der Waals surface area contributed by atoms with E-state index in [1.54, 1.807) is 36.4 Å². The molecule has 2 amide bonds. The van der Waals surface area contributed by atoms with Crippen LogP contribution in [0.2, 0.25) is 10.0 Å². The van der Waals surface area contributed by atoms with Gasteiger partial charge in [-0.2, -0.15) is 0 Å². The second-order valence-corrected chi connectivity index (χ2v) is 7.98. The fourth-order valence-electron chi connectivity index (χ4n) is 3.48. The second kappa shape index (κ2) is 8.92. The maximum absolute atomic E-state index is 12.9. The predicted octanol–water partition coefficient (Wildman–Crippen LogP) is 5.12. The van der Waals surface area contributed by atoms with Crippen molar-refractivity contribution in [2.45, 2.75) is 6.92 Å². The number of fused-ring (bicyclic) bond motifs is 1. The standard InChI is InChI=1S/C24H19Cl2N3O2/c1-15-19(26)8-5-9-20(15)28-22(30)14-29-21-11-10-17(25)12-18(21)24(27-13-23(29)31)16-6-3-2-4-7-16/h2-12H,13-14H2,1H3,(H,28,30). The third-order valence-electron chi connectivity index (χ3n) is 5.07. The number of aliphatic imine (C=N–C) groups is 1. The fraction of sp³-hybridized carbons (Fsp3) is 0.125. The number of anilines is 2. The maximum Gasteiger partial charge on any atom is 0.249 e. The molecule has 3 aromatic rings. The molecule has 3 aromatic carbocycles. The fourth-order valence-corrected chi connectivity index (χ4v) is 3.82. The van der Waals surface area contributed by atoms with E-state index in [0.29, 0.717) is 32.7 Å². The Balaban J connectivity index is 1.67. The first kappa shape index (κ1) is 21.1. The molecule has 0 saturated heterocycles. The van der Waals surface area contributed by atoms with Crippen LogP contribution < -0.4 is 10.2 Å². The third kappa shape index (κ3) is 4.48. The summed E-state index contributed by atoms with van der Waals surface area (Å²) in [7, 11) is 0. The number of nitrogens with zero attached hydrogens (tertiary/aromatic N) is 2. The van der Waals surface area contributed by atoms with Gasteiger partial charge in [0.1, 0.15) is 13.1 Å². The molecule has 1 N–H and O–H groups in total. The zero-order valence-corrected chi connectivity index (χ0v) is 18.2. The molecule has 156 valence electrons. The topological polar surface area (TPSA) is 61.8 Å². The third-order valence-corrected chi connectivity index (χ3v) is 5.71. The summed E-state index contributed by atoms with van der Waals surface area (Å²) >= 11 is 12.4. The van der Waals surface area contributed by atoms with E-state index in [2.05, 4.69) is 10.3 Å². The van der Waals surface area contributed by atoms with Gasteiger partial charge in [0.05, 0.1) is 11.4 Å². The Hall–Kier alpha value is -3.15. The zero-order chi connectivity index (χ0) is 22.0. The van der Waals surface area contributed by atoms with E-state index in [0.717, 1.165) is 11.1 Å². The van der Waals surface area contributed by atoms with E-state index in [4.69, 9.17) is 23.2 Å². The molecule has 1 aliphatic rings. The highest BCUT2D eigenvalue weighted by Gasteiger charge is 2.27. The van der Waals surface area contributed by atoms with Crippen molar-refractivity contribution < 1.29 is 9.59 Å². The van der Waals surface area contributed by atoms with Gasteiger partial charge in [0.2, 0.25) is 11.8 Å². The summed E-state index contributed by atoms with van der Waals surface area (Å²) in [4.78, 5) is 31.7. The monoisotopic (exact) mass is 451 g/mol. The molecule has 0 spiro atoms. The first-order valence-corrected chi connectivity index (χ1v) is 10.4. The Kier molecular flexibility index (Phi) is 6.07. The highest BCUT2D eigenvalue weighted by Crippen LogP contribution is 2.30. The van der Waals surface area contributed by atoms with Crippen LogP contribution >= 0.6 is 23.2 Å². The molecule has 1 aliphatic heterocycles. The molecule has 0 aliphatic carbocycles. The van der Waals surface area contributed by atoms with Crippen molar-refractivity contribution in [3.05, 3.63) is 93.5 Å². The lowest BCUT2D eigenvalue weighted by Crippen LogP contribution is -2.39. The lowest BCUT2D eigenvalue weighted by molar-refractivity contribution is -0.120. The van der Waals surface area contributed by atoms with Crippen molar-refractivity contribution >= 4 is 52.1 Å². The van der Waals surface area contributed by atoms with Crippen LogP contribution in [0.25, 0.3) is 0 Å². The second-order valence-electron chi connectivity index (χ2n) is 7.13. The van der Waals surface area contributed by atoms with Gasteiger partial charge in [-0.1, -0.05) is 59.6 Å². The van der Waals surface area contributed by atoms with Gasteiger partial charge in [-0.25, -0.2) is 0 Å². The minimum atomic E-state index is -0.331. The minimum Gasteiger partial charge on any atom is -0.324 e. The number of halogens is 2. The summed E-state index contributed by atoms with van der Waals surface area (Å²) in [6.45, 7) is 1.60. The summed E-state index contributed by atoms with van der Waals surface area (Å²) < 4.78 is 0. The molecule has 7 heteroatoms. The van der Waals surface area contributed by atoms with Crippen LogP contribution in [0.15, 0.2) is 71.7 Å². The van der Waals surface area contributed by atoms with Gasteiger partial charge in [-0.05, 0) is 42.8 Å². The Bertz CT molecular complexity index is 1190. The number of carbonyl (C=O) groups excluding carboxylic acids is 2. The number of nitrogens with one attached hydrogen (secondary N) is 1. The lowest BCUT2D eigenvalue weighted by atomic mass is 10.00. The number of benzodiazepines with no additional fused rings is 1. The van der Waals surface area contributed by atoms with Crippen LogP contribution in [-0.4, -0.2) is 30.6 Å². The average Bonchev–Trinajstić information content (AvgIpc) is 2.89. The number of hydrogen-bond donors (Lipinski definition) is 1. The number of hydrogen-bond acceptors (Lipinski definition) is 3. The summed E-state index contributed by atoms with van der Waals surface area (Å²) in [6.07, 6.45) is 0. The largest absolute Gasteiger partial charge is 0.324 e. The first-order valence-electron chi connectivity index (χ1n) is 9.69. The summed E-state index contributed by atoms with van der Waals surface area (Å²) in [5, 5.41) is 3.93. The van der Waals surface area contributed by atoms with Crippen molar-refractivity contribution in [3.63, 3.8) is 0 Å². The SMILES string of the molecule is Cc1c(Cl)cccc1NC(=O)CN1C(=O)CN=C(c2ccccc2)c2cc(Cl)ccc21. The van der Waals surface area contributed by atoms with Crippen molar-refractivity contribution in [3.8, 4) is 0 Å². The summed E-state index contributed by atoms with van der Waals surface area (Å²) in [6, 6.07) is 20.1. The van der Waals surface area contributed by atoms with E-state index in [1.807, 2.05) is 37.3 Å². The van der Waals surface area contributed by atoms with Crippen LogP contribution in [0.1, 0.15) is 16.7 Å². The number of amides is 2. The quantitative estimate of drug-likeness (QED) is 0.597. The van der Waals surface area contributed by atoms with E-state index < -0.39 is 0 Å². The summed E-state index contributed by atoms with van der Waals surface area (Å²) in [5.74, 6) is -0.602. The Labute approximate surface area is 190 Å². The van der Waals surface area contributed by atoms with Gasteiger partial charge in [0, 0.05) is 26.9 Å². The molecule has 0 saturated carbocycles. The molecule has 1 heterocycles. The van der Waals surface area contributed by atoms with E-state index in [1.165, 1.54) is 4.90 Å². The molecule has 4 rings (SSSR count). The van der Waals surface area contributed by atoms with E-state index in [-0.39, 0.29) is 24.9 Å². The number of rotatable bonds is 4.